The summed E-state index contributed by atoms with van der Waals surface area (Å²) in [5.41, 5.74) is 0.557. The lowest BCUT2D eigenvalue weighted by Crippen LogP contribution is -2.25. The Morgan fingerprint density at radius 3 is 3.10 bits per heavy atom. The minimum absolute atomic E-state index is 0.115. The molecule has 3 rings (SSSR count). The Balaban J connectivity index is 1.63. The van der Waals surface area contributed by atoms with E-state index in [0.717, 1.165) is 6.42 Å². The van der Waals surface area contributed by atoms with Gasteiger partial charge >= 0.3 is 0 Å². The molecule has 0 atom stereocenters. The Morgan fingerprint density at radius 2 is 2.33 bits per heavy atom. The zero-order valence-corrected chi connectivity index (χ0v) is 12.0. The van der Waals surface area contributed by atoms with Crippen molar-refractivity contribution >= 4 is 17.2 Å². The fourth-order valence-electron chi connectivity index (χ4n) is 1.87. The molecule has 0 aliphatic carbocycles. The van der Waals surface area contributed by atoms with Crippen LogP contribution in [0.4, 0.5) is 0 Å². The minimum Gasteiger partial charge on any atom is -0.352 e. The first-order valence-corrected chi connectivity index (χ1v) is 7.32. The van der Waals surface area contributed by atoms with E-state index in [1.165, 1.54) is 15.9 Å². The van der Waals surface area contributed by atoms with Crippen LogP contribution < -0.4 is 5.32 Å². The van der Waals surface area contributed by atoms with Crippen LogP contribution in [0.25, 0.3) is 5.82 Å². The van der Waals surface area contributed by atoms with Crippen molar-refractivity contribution in [1.29, 1.82) is 0 Å². The number of nitrogens with zero attached hydrogens (tertiary/aromatic N) is 4. The highest BCUT2D eigenvalue weighted by atomic mass is 32.1. The Morgan fingerprint density at radius 1 is 1.38 bits per heavy atom. The van der Waals surface area contributed by atoms with Gasteiger partial charge in [0, 0.05) is 23.2 Å². The predicted octanol–water partition coefficient (Wildman–Crippen LogP) is 1.70. The van der Waals surface area contributed by atoms with E-state index in [1.807, 2.05) is 11.4 Å². The molecule has 3 aromatic rings. The molecule has 0 saturated carbocycles. The summed E-state index contributed by atoms with van der Waals surface area (Å²) in [4.78, 5) is 21.4. The average molecular weight is 299 g/mol. The molecule has 0 radical (unpaired) electrons. The molecule has 106 valence electrons. The van der Waals surface area contributed by atoms with Gasteiger partial charge in [-0.3, -0.25) is 4.79 Å². The summed E-state index contributed by atoms with van der Waals surface area (Å²) in [5, 5.41) is 8.93. The summed E-state index contributed by atoms with van der Waals surface area (Å²) in [6.45, 7) is 0.611. The smallest absolute Gasteiger partial charge is 0.251 e. The van der Waals surface area contributed by atoms with Crippen LogP contribution in [0.1, 0.15) is 15.2 Å². The summed E-state index contributed by atoms with van der Waals surface area (Å²) in [5.74, 6) is 0.453. The van der Waals surface area contributed by atoms with Crippen LogP contribution in [0, 0.1) is 0 Å². The molecule has 7 heteroatoms. The zero-order chi connectivity index (χ0) is 14.5. The normalized spacial score (nSPS) is 10.5. The number of amides is 1. The third-order valence-corrected chi connectivity index (χ3v) is 3.83. The number of carbonyl (C=O) groups excluding carboxylic acids is 1. The zero-order valence-electron chi connectivity index (χ0n) is 11.1. The summed E-state index contributed by atoms with van der Waals surface area (Å²) >= 11 is 1.69. The number of hydrogen-bond acceptors (Lipinski definition) is 5. The first-order chi connectivity index (χ1) is 10.3. The molecule has 0 fully saturated rings. The average Bonchev–Trinajstić information content (AvgIpc) is 3.21. The van der Waals surface area contributed by atoms with Crippen LogP contribution in [-0.2, 0) is 6.42 Å². The van der Waals surface area contributed by atoms with E-state index in [4.69, 9.17) is 0 Å². The van der Waals surface area contributed by atoms with Gasteiger partial charge in [0.15, 0.2) is 5.82 Å². The lowest BCUT2D eigenvalue weighted by atomic mass is 10.2. The SMILES string of the molecule is O=C(NCCc1cccs1)c1ccnc(-n2cncn2)c1. The van der Waals surface area contributed by atoms with Crippen molar-refractivity contribution in [3.05, 3.63) is 58.9 Å². The van der Waals surface area contributed by atoms with E-state index in [9.17, 15) is 4.79 Å². The highest BCUT2D eigenvalue weighted by molar-refractivity contribution is 7.09. The van der Waals surface area contributed by atoms with Gasteiger partial charge in [0.05, 0.1) is 0 Å². The number of hydrogen-bond donors (Lipinski definition) is 1. The molecule has 0 aromatic carbocycles. The lowest BCUT2D eigenvalue weighted by molar-refractivity contribution is 0.0954. The molecule has 21 heavy (non-hydrogen) atoms. The van der Waals surface area contributed by atoms with Crippen LogP contribution in [-0.4, -0.2) is 32.2 Å². The number of nitrogens with one attached hydrogen (secondary N) is 1. The standard InChI is InChI=1S/C14H13N5OS/c20-14(17-6-4-12-2-1-7-21-12)11-3-5-16-13(8-11)19-10-15-9-18-19/h1-3,5,7-10H,4,6H2,(H,17,20). The lowest BCUT2D eigenvalue weighted by Gasteiger charge is -2.06. The van der Waals surface area contributed by atoms with Crippen molar-refractivity contribution in [2.24, 2.45) is 0 Å². The van der Waals surface area contributed by atoms with Crippen molar-refractivity contribution < 1.29 is 4.79 Å². The monoisotopic (exact) mass is 299 g/mol. The number of thiophene rings is 1. The van der Waals surface area contributed by atoms with Gasteiger partial charge in [-0.25, -0.2) is 14.6 Å². The van der Waals surface area contributed by atoms with Crippen molar-refractivity contribution in [2.45, 2.75) is 6.42 Å². The van der Waals surface area contributed by atoms with Gasteiger partial charge in [0.25, 0.3) is 5.91 Å². The maximum atomic E-state index is 12.1. The maximum Gasteiger partial charge on any atom is 0.251 e. The number of carbonyl (C=O) groups is 1. The van der Waals surface area contributed by atoms with Crippen molar-refractivity contribution in [3.63, 3.8) is 0 Å². The van der Waals surface area contributed by atoms with Gasteiger partial charge in [-0.15, -0.1) is 11.3 Å². The molecule has 0 saturated heterocycles. The van der Waals surface area contributed by atoms with E-state index in [-0.39, 0.29) is 5.91 Å². The van der Waals surface area contributed by atoms with E-state index in [1.54, 1.807) is 36.0 Å². The van der Waals surface area contributed by atoms with Crippen molar-refractivity contribution in [3.8, 4) is 5.82 Å². The van der Waals surface area contributed by atoms with Gasteiger partial charge in [-0.2, -0.15) is 5.10 Å². The molecule has 1 N–H and O–H groups in total. The van der Waals surface area contributed by atoms with Crippen LogP contribution in [0.2, 0.25) is 0 Å². The Hall–Kier alpha value is -2.54. The molecule has 0 aliphatic rings. The van der Waals surface area contributed by atoms with E-state index >= 15 is 0 Å². The van der Waals surface area contributed by atoms with E-state index in [2.05, 4.69) is 26.4 Å². The maximum absolute atomic E-state index is 12.1. The second-order valence-corrected chi connectivity index (χ2v) is 5.36. The van der Waals surface area contributed by atoms with Gasteiger partial charge < -0.3 is 5.32 Å². The first-order valence-electron chi connectivity index (χ1n) is 6.44. The molecule has 0 bridgehead atoms. The van der Waals surface area contributed by atoms with Gasteiger partial charge in [0.2, 0.25) is 0 Å². The number of pyridine rings is 1. The quantitative estimate of drug-likeness (QED) is 0.778. The fraction of sp³-hybridized carbons (Fsp3) is 0.143. The topological polar surface area (TPSA) is 72.7 Å². The molecule has 0 unspecified atom stereocenters. The highest BCUT2D eigenvalue weighted by Gasteiger charge is 2.08. The summed E-state index contributed by atoms with van der Waals surface area (Å²) < 4.78 is 1.52. The summed E-state index contributed by atoms with van der Waals surface area (Å²) in [7, 11) is 0. The number of rotatable bonds is 5. The second kappa shape index (κ2) is 6.27. The Labute approximate surface area is 125 Å². The molecule has 3 heterocycles. The van der Waals surface area contributed by atoms with E-state index < -0.39 is 0 Å². The van der Waals surface area contributed by atoms with Gasteiger partial charge in [-0.1, -0.05) is 6.07 Å². The summed E-state index contributed by atoms with van der Waals surface area (Å²) in [6.07, 6.45) is 5.39. The Bertz CT molecular complexity index is 709. The van der Waals surface area contributed by atoms with Crippen LogP contribution in [0.15, 0.2) is 48.5 Å². The molecular weight excluding hydrogens is 286 g/mol. The molecule has 3 aromatic heterocycles. The minimum atomic E-state index is -0.115. The number of aromatic nitrogens is 4. The molecule has 6 nitrogen and oxygen atoms in total. The van der Waals surface area contributed by atoms with Crippen molar-refractivity contribution in [2.75, 3.05) is 6.54 Å². The third-order valence-electron chi connectivity index (χ3n) is 2.90. The highest BCUT2D eigenvalue weighted by Crippen LogP contribution is 2.09. The first kappa shape index (κ1) is 13.4. The third kappa shape index (κ3) is 3.32. The van der Waals surface area contributed by atoms with Crippen LogP contribution >= 0.6 is 11.3 Å². The molecule has 0 aliphatic heterocycles. The largest absolute Gasteiger partial charge is 0.352 e. The second-order valence-electron chi connectivity index (χ2n) is 4.33. The van der Waals surface area contributed by atoms with Crippen molar-refractivity contribution in [1.82, 2.24) is 25.1 Å². The van der Waals surface area contributed by atoms with Crippen LogP contribution in [0.5, 0.6) is 0 Å². The fourth-order valence-corrected chi connectivity index (χ4v) is 2.58. The Kier molecular flexibility index (Phi) is 4.02. The van der Waals surface area contributed by atoms with Crippen LogP contribution in [0.3, 0.4) is 0 Å². The van der Waals surface area contributed by atoms with E-state index in [0.29, 0.717) is 17.9 Å². The molecule has 1 amide bonds. The summed E-state index contributed by atoms with van der Waals surface area (Å²) in [6, 6.07) is 7.44. The molecular formula is C14H13N5OS. The predicted molar refractivity (Wildman–Crippen MR) is 79.5 cm³/mol. The van der Waals surface area contributed by atoms with Gasteiger partial charge in [-0.05, 0) is 30.0 Å². The molecule has 0 spiro atoms. The van der Waals surface area contributed by atoms with Gasteiger partial charge in [0.1, 0.15) is 12.7 Å².